The van der Waals surface area contributed by atoms with Gasteiger partial charge in [0.05, 0.1) is 24.1 Å². The monoisotopic (exact) mass is 229 g/mol. The van der Waals surface area contributed by atoms with E-state index in [-0.39, 0.29) is 23.2 Å². The lowest BCUT2D eigenvalue weighted by molar-refractivity contribution is -0.138. The highest BCUT2D eigenvalue weighted by Gasteiger charge is 2.53. The molecule has 1 unspecified atom stereocenters. The average molecular weight is 229 g/mol. The van der Waals surface area contributed by atoms with Gasteiger partial charge in [-0.05, 0) is 5.57 Å². The quantitative estimate of drug-likeness (QED) is 0.561. The molecule has 0 bridgehead atoms. The van der Waals surface area contributed by atoms with Crippen molar-refractivity contribution in [3.63, 3.8) is 0 Å². The molecule has 0 radical (unpaired) electrons. The van der Waals surface area contributed by atoms with E-state index in [1.165, 1.54) is 11.8 Å². The van der Waals surface area contributed by atoms with Crippen LogP contribution < -0.4 is 5.73 Å². The van der Waals surface area contributed by atoms with E-state index in [0.717, 1.165) is 0 Å². The Morgan fingerprint density at radius 1 is 1.60 bits per heavy atom. The summed E-state index contributed by atoms with van der Waals surface area (Å²) in [5.74, 6) is -1.51. The predicted molar refractivity (Wildman–Crippen MR) is 54.5 cm³/mol. The van der Waals surface area contributed by atoms with Crippen molar-refractivity contribution < 1.29 is 19.8 Å². The SMILES string of the molecule is N[C@@H]1C(=O)C2C(C(=O)O)=C(CO)CS[C@@H]21. The van der Waals surface area contributed by atoms with Crippen molar-refractivity contribution in [1.82, 2.24) is 0 Å². The lowest BCUT2D eigenvalue weighted by Gasteiger charge is -2.44. The fraction of sp³-hybridized carbons (Fsp3) is 0.556. The van der Waals surface area contributed by atoms with E-state index in [9.17, 15) is 9.59 Å². The van der Waals surface area contributed by atoms with Gasteiger partial charge >= 0.3 is 5.97 Å². The van der Waals surface area contributed by atoms with Crippen LogP contribution in [0, 0.1) is 5.92 Å². The smallest absolute Gasteiger partial charge is 0.332 e. The molecule has 1 aliphatic carbocycles. The number of aliphatic hydroxyl groups excluding tert-OH is 1. The fourth-order valence-corrected chi connectivity index (χ4v) is 3.48. The Morgan fingerprint density at radius 3 is 2.80 bits per heavy atom. The van der Waals surface area contributed by atoms with Crippen molar-refractivity contribution in [2.75, 3.05) is 12.4 Å². The molecule has 1 fully saturated rings. The van der Waals surface area contributed by atoms with Crippen molar-refractivity contribution in [3.05, 3.63) is 11.1 Å². The Balaban J connectivity index is 2.38. The first kappa shape index (κ1) is 10.7. The summed E-state index contributed by atoms with van der Waals surface area (Å²) in [6.07, 6.45) is 0. The highest BCUT2D eigenvalue weighted by Crippen LogP contribution is 2.44. The third-order valence-electron chi connectivity index (χ3n) is 2.88. The van der Waals surface area contributed by atoms with Crippen molar-refractivity contribution in [1.29, 1.82) is 0 Å². The summed E-state index contributed by atoms with van der Waals surface area (Å²) in [4.78, 5) is 22.4. The fourth-order valence-electron chi connectivity index (χ4n) is 2.04. The van der Waals surface area contributed by atoms with Crippen molar-refractivity contribution >= 4 is 23.5 Å². The molecule has 0 aromatic heterocycles. The first-order valence-corrected chi connectivity index (χ1v) is 5.59. The Kier molecular flexibility index (Phi) is 2.57. The Bertz CT molecular complexity index is 365. The molecule has 2 rings (SSSR count). The lowest BCUT2D eigenvalue weighted by Crippen LogP contribution is -2.62. The van der Waals surface area contributed by atoms with Crippen LogP contribution in [0.2, 0.25) is 0 Å². The molecular formula is C9H11NO4S. The number of carboxylic acids is 1. The number of carboxylic acid groups (broad SMARTS) is 1. The number of thioether (sulfide) groups is 1. The van der Waals surface area contributed by atoms with E-state index in [0.29, 0.717) is 11.3 Å². The molecule has 0 amide bonds. The molecular weight excluding hydrogens is 218 g/mol. The van der Waals surface area contributed by atoms with Gasteiger partial charge in [-0.2, -0.15) is 11.8 Å². The van der Waals surface area contributed by atoms with Crippen LogP contribution in [0.25, 0.3) is 0 Å². The lowest BCUT2D eigenvalue weighted by atomic mass is 9.72. The maximum absolute atomic E-state index is 11.5. The van der Waals surface area contributed by atoms with Crippen molar-refractivity contribution in [2.24, 2.45) is 11.7 Å². The van der Waals surface area contributed by atoms with E-state index in [4.69, 9.17) is 15.9 Å². The van der Waals surface area contributed by atoms with Crippen LogP contribution in [0.15, 0.2) is 11.1 Å². The standard InChI is InChI=1S/C9H11NO4S/c10-6-7(12)5-4(9(13)14)3(1-11)2-15-8(5)6/h5-6,8,11H,1-2,10H2,(H,13,14)/t5?,6-,8+/m1/s1. The summed E-state index contributed by atoms with van der Waals surface area (Å²) in [6.45, 7) is -0.305. The van der Waals surface area contributed by atoms with E-state index in [2.05, 4.69) is 0 Å². The number of carbonyl (C=O) groups is 2. The van der Waals surface area contributed by atoms with Crippen LogP contribution in [0.1, 0.15) is 0 Å². The minimum Gasteiger partial charge on any atom is -0.478 e. The van der Waals surface area contributed by atoms with Gasteiger partial charge in [0.1, 0.15) is 0 Å². The van der Waals surface area contributed by atoms with Gasteiger partial charge in [0.2, 0.25) is 0 Å². The number of Topliss-reactive ketones (excluding diaryl/α,β-unsaturated/α-hetero) is 1. The first-order chi connectivity index (χ1) is 7.07. The van der Waals surface area contributed by atoms with Crippen LogP contribution >= 0.6 is 11.8 Å². The van der Waals surface area contributed by atoms with E-state index >= 15 is 0 Å². The molecule has 15 heavy (non-hydrogen) atoms. The van der Waals surface area contributed by atoms with Gasteiger partial charge < -0.3 is 15.9 Å². The molecule has 4 N–H and O–H groups in total. The average Bonchev–Trinajstić information content (AvgIpc) is 2.25. The van der Waals surface area contributed by atoms with Crippen molar-refractivity contribution in [3.8, 4) is 0 Å². The van der Waals surface area contributed by atoms with Crippen LogP contribution in [0.5, 0.6) is 0 Å². The van der Waals surface area contributed by atoms with Gasteiger partial charge in [0.15, 0.2) is 5.78 Å². The van der Waals surface area contributed by atoms with Crippen molar-refractivity contribution in [2.45, 2.75) is 11.3 Å². The highest BCUT2D eigenvalue weighted by atomic mass is 32.2. The Hall–Kier alpha value is -0.850. The molecule has 1 aliphatic heterocycles. The topological polar surface area (TPSA) is 101 Å². The zero-order valence-electron chi connectivity index (χ0n) is 7.84. The number of fused-ring (bicyclic) bond motifs is 1. The number of rotatable bonds is 2. The molecule has 2 aliphatic rings. The predicted octanol–water partition coefficient (Wildman–Crippen LogP) is -0.998. The zero-order chi connectivity index (χ0) is 11.2. The van der Waals surface area contributed by atoms with Crippen LogP contribution in [0.4, 0.5) is 0 Å². The molecule has 5 nitrogen and oxygen atoms in total. The maximum atomic E-state index is 11.5. The minimum absolute atomic E-state index is 0.0629. The number of aliphatic carboxylic acids is 1. The number of hydrogen-bond donors (Lipinski definition) is 3. The summed E-state index contributed by atoms with van der Waals surface area (Å²) in [7, 11) is 0. The molecule has 0 aromatic carbocycles. The molecule has 0 saturated heterocycles. The minimum atomic E-state index is -1.12. The number of aliphatic hydroxyl groups is 1. The molecule has 0 aromatic rings. The van der Waals surface area contributed by atoms with E-state index in [1.54, 1.807) is 0 Å². The second kappa shape index (κ2) is 3.62. The molecule has 0 spiro atoms. The van der Waals surface area contributed by atoms with Crippen LogP contribution in [-0.2, 0) is 9.59 Å². The highest BCUT2D eigenvalue weighted by molar-refractivity contribution is 8.00. The third kappa shape index (κ3) is 1.40. The van der Waals surface area contributed by atoms with Gasteiger partial charge in [-0.15, -0.1) is 0 Å². The zero-order valence-corrected chi connectivity index (χ0v) is 8.66. The maximum Gasteiger partial charge on any atom is 0.332 e. The molecule has 1 heterocycles. The summed E-state index contributed by atoms with van der Waals surface area (Å²) in [5, 5.41) is 17.9. The van der Waals surface area contributed by atoms with E-state index in [1.807, 2.05) is 0 Å². The van der Waals surface area contributed by atoms with Crippen LogP contribution in [-0.4, -0.2) is 45.6 Å². The third-order valence-corrected chi connectivity index (χ3v) is 4.35. The molecule has 6 heteroatoms. The molecule has 1 saturated carbocycles. The number of ketones is 1. The second-order valence-corrected chi connectivity index (χ2v) is 4.83. The van der Waals surface area contributed by atoms with Gasteiger partial charge in [-0.25, -0.2) is 4.79 Å². The van der Waals surface area contributed by atoms with Gasteiger partial charge in [0, 0.05) is 11.0 Å². The number of nitrogens with two attached hydrogens (primary N) is 1. The summed E-state index contributed by atoms with van der Waals surface area (Å²) in [6, 6.07) is -0.547. The van der Waals surface area contributed by atoms with Gasteiger partial charge in [-0.3, -0.25) is 4.79 Å². The largest absolute Gasteiger partial charge is 0.478 e. The first-order valence-electron chi connectivity index (χ1n) is 4.55. The molecule has 3 atom stereocenters. The summed E-state index contributed by atoms with van der Waals surface area (Å²) in [5.41, 5.74) is 6.08. The number of hydrogen-bond acceptors (Lipinski definition) is 5. The van der Waals surface area contributed by atoms with Crippen LogP contribution in [0.3, 0.4) is 0 Å². The van der Waals surface area contributed by atoms with Gasteiger partial charge in [-0.1, -0.05) is 0 Å². The van der Waals surface area contributed by atoms with E-state index < -0.39 is 17.9 Å². The Morgan fingerprint density at radius 2 is 2.27 bits per heavy atom. The summed E-state index contributed by atoms with van der Waals surface area (Å²) < 4.78 is 0. The molecule has 82 valence electrons. The second-order valence-electron chi connectivity index (χ2n) is 3.66. The van der Waals surface area contributed by atoms with Gasteiger partial charge in [0.25, 0.3) is 0 Å². The number of carbonyl (C=O) groups excluding carboxylic acids is 1. The Labute approximate surface area is 90.3 Å². The normalized spacial score (nSPS) is 34.8. The summed E-state index contributed by atoms with van der Waals surface area (Å²) >= 11 is 1.45.